The molecular formula is C23H25N3O5S. The Morgan fingerprint density at radius 2 is 1.69 bits per heavy atom. The van der Waals surface area contributed by atoms with Crippen molar-refractivity contribution in [3.63, 3.8) is 0 Å². The molecular weight excluding hydrogens is 430 g/mol. The van der Waals surface area contributed by atoms with Crippen LogP contribution in [0.4, 0.5) is 5.69 Å². The highest BCUT2D eigenvalue weighted by molar-refractivity contribution is 7.89. The van der Waals surface area contributed by atoms with Crippen molar-refractivity contribution in [2.24, 2.45) is 0 Å². The molecule has 0 aliphatic carbocycles. The molecule has 9 heteroatoms. The Kier molecular flexibility index (Phi) is 6.40. The molecule has 1 N–H and O–H groups in total. The van der Waals surface area contributed by atoms with Gasteiger partial charge in [-0.1, -0.05) is 36.4 Å². The van der Waals surface area contributed by atoms with Crippen LogP contribution in [0, 0.1) is 0 Å². The minimum absolute atomic E-state index is 0.119. The van der Waals surface area contributed by atoms with Crippen LogP contribution in [0.2, 0.25) is 0 Å². The first-order chi connectivity index (χ1) is 15.4. The van der Waals surface area contributed by atoms with Crippen molar-refractivity contribution in [3.05, 3.63) is 65.9 Å². The molecule has 2 amide bonds. The third kappa shape index (κ3) is 4.19. The molecule has 0 spiro atoms. The first kappa shape index (κ1) is 22.2. The predicted octanol–water partition coefficient (Wildman–Crippen LogP) is 2.31. The summed E-state index contributed by atoms with van der Waals surface area (Å²) < 4.78 is 32.4. The van der Waals surface area contributed by atoms with Gasteiger partial charge in [-0.05, 0) is 36.6 Å². The lowest BCUT2D eigenvalue weighted by molar-refractivity contribution is -0.137. The van der Waals surface area contributed by atoms with Gasteiger partial charge < -0.3 is 10.1 Å². The second-order valence-corrected chi connectivity index (χ2v) is 9.57. The van der Waals surface area contributed by atoms with Crippen LogP contribution in [0.1, 0.15) is 18.4 Å². The van der Waals surface area contributed by atoms with Gasteiger partial charge in [-0.15, -0.1) is 0 Å². The highest BCUT2D eigenvalue weighted by Crippen LogP contribution is 2.31. The molecule has 168 valence electrons. The zero-order valence-corrected chi connectivity index (χ0v) is 18.6. The SMILES string of the molecule is COCCN1C(=O)C(Nc2cccc(S(=O)(=O)N3CCCC3)c2)=C(c2ccccc2)C1=O. The minimum atomic E-state index is -3.61. The fourth-order valence-corrected chi connectivity index (χ4v) is 5.47. The van der Waals surface area contributed by atoms with Crippen molar-refractivity contribution < 1.29 is 22.7 Å². The number of carbonyl (C=O) groups excluding carboxylic acids is 2. The number of methoxy groups -OCH3 is 1. The van der Waals surface area contributed by atoms with Crippen LogP contribution in [0.15, 0.2) is 65.2 Å². The Bertz CT molecular complexity index is 1160. The monoisotopic (exact) mass is 455 g/mol. The number of anilines is 1. The maximum atomic E-state index is 13.1. The Morgan fingerprint density at radius 1 is 0.969 bits per heavy atom. The van der Waals surface area contributed by atoms with E-state index in [1.54, 1.807) is 36.4 Å². The summed E-state index contributed by atoms with van der Waals surface area (Å²) >= 11 is 0. The van der Waals surface area contributed by atoms with Gasteiger partial charge in [0, 0.05) is 25.9 Å². The van der Waals surface area contributed by atoms with Gasteiger partial charge >= 0.3 is 0 Å². The lowest BCUT2D eigenvalue weighted by Gasteiger charge is -2.17. The molecule has 1 saturated heterocycles. The number of sulfonamides is 1. The van der Waals surface area contributed by atoms with Gasteiger partial charge in [0.15, 0.2) is 0 Å². The van der Waals surface area contributed by atoms with Crippen LogP contribution in [0.5, 0.6) is 0 Å². The summed E-state index contributed by atoms with van der Waals surface area (Å²) in [5.74, 6) is -0.889. The Morgan fingerprint density at radius 3 is 2.38 bits per heavy atom. The molecule has 8 nitrogen and oxygen atoms in total. The van der Waals surface area contributed by atoms with Crippen LogP contribution < -0.4 is 5.32 Å². The molecule has 32 heavy (non-hydrogen) atoms. The van der Waals surface area contributed by atoms with Gasteiger partial charge in [0.1, 0.15) is 5.70 Å². The second-order valence-electron chi connectivity index (χ2n) is 7.63. The smallest absolute Gasteiger partial charge is 0.278 e. The molecule has 2 aliphatic rings. The van der Waals surface area contributed by atoms with Gasteiger partial charge in [0.05, 0.1) is 23.6 Å². The lowest BCUT2D eigenvalue weighted by atomic mass is 10.0. The third-order valence-corrected chi connectivity index (χ3v) is 7.45. The molecule has 0 radical (unpaired) electrons. The fraction of sp³-hybridized carbons (Fsp3) is 0.304. The first-order valence-electron chi connectivity index (χ1n) is 10.5. The maximum Gasteiger partial charge on any atom is 0.278 e. The van der Waals surface area contributed by atoms with Crippen LogP contribution in [0.3, 0.4) is 0 Å². The highest BCUT2D eigenvalue weighted by Gasteiger charge is 2.39. The van der Waals surface area contributed by atoms with Crippen molar-refractivity contribution >= 4 is 33.1 Å². The Labute approximate surface area is 187 Å². The summed E-state index contributed by atoms with van der Waals surface area (Å²) in [6, 6.07) is 15.3. The van der Waals surface area contributed by atoms with E-state index < -0.39 is 21.8 Å². The summed E-state index contributed by atoms with van der Waals surface area (Å²) in [4.78, 5) is 27.5. The summed E-state index contributed by atoms with van der Waals surface area (Å²) in [6.07, 6.45) is 1.69. The van der Waals surface area contributed by atoms with Crippen LogP contribution in [0.25, 0.3) is 5.57 Å². The van der Waals surface area contributed by atoms with E-state index in [-0.39, 0.29) is 29.3 Å². The number of imide groups is 1. The number of nitrogens with zero attached hydrogens (tertiary/aromatic N) is 2. The summed E-state index contributed by atoms with van der Waals surface area (Å²) in [7, 11) is -2.11. The zero-order chi connectivity index (χ0) is 22.7. The molecule has 0 saturated carbocycles. The van der Waals surface area contributed by atoms with Gasteiger partial charge in [0.2, 0.25) is 10.0 Å². The quantitative estimate of drug-likeness (QED) is 0.614. The number of benzene rings is 2. The van der Waals surface area contributed by atoms with E-state index in [1.165, 1.54) is 23.5 Å². The average molecular weight is 456 g/mol. The molecule has 2 aromatic carbocycles. The van der Waals surface area contributed by atoms with Crippen LogP contribution in [-0.2, 0) is 24.3 Å². The highest BCUT2D eigenvalue weighted by atomic mass is 32.2. The minimum Gasteiger partial charge on any atom is -0.383 e. The van der Waals surface area contributed by atoms with Crippen molar-refractivity contribution in [3.8, 4) is 0 Å². The number of carbonyl (C=O) groups is 2. The van der Waals surface area contributed by atoms with Crippen molar-refractivity contribution in [2.75, 3.05) is 38.7 Å². The normalized spacial score (nSPS) is 17.5. The lowest BCUT2D eigenvalue weighted by Crippen LogP contribution is -2.35. The van der Waals surface area contributed by atoms with E-state index in [0.29, 0.717) is 24.3 Å². The zero-order valence-electron chi connectivity index (χ0n) is 17.8. The molecule has 0 bridgehead atoms. The van der Waals surface area contributed by atoms with Gasteiger partial charge in [-0.2, -0.15) is 4.31 Å². The number of amides is 2. The van der Waals surface area contributed by atoms with Gasteiger partial charge in [0.25, 0.3) is 11.8 Å². The largest absolute Gasteiger partial charge is 0.383 e. The predicted molar refractivity (Wildman–Crippen MR) is 120 cm³/mol. The van der Waals surface area contributed by atoms with E-state index >= 15 is 0 Å². The first-order valence-corrected chi connectivity index (χ1v) is 11.9. The maximum absolute atomic E-state index is 13.1. The van der Waals surface area contributed by atoms with Gasteiger partial charge in [-0.3, -0.25) is 14.5 Å². The fourth-order valence-electron chi connectivity index (χ4n) is 3.91. The van der Waals surface area contributed by atoms with Crippen LogP contribution in [-0.4, -0.2) is 62.8 Å². The van der Waals surface area contributed by atoms with E-state index in [1.807, 2.05) is 6.07 Å². The molecule has 1 fully saturated rings. The third-order valence-electron chi connectivity index (χ3n) is 5.56. The summed E-state index contributed by atoms with van der Waals surface area (Å²) in [6.45, 7) is 1.35. The number of nitrogens with one attached hydrogen (secondary N) is 1. The van der Waals surface area contributed by atoms with Gasteiger partial charge in [-0.25, -0.2) is 8.42 Å². The van der Waals surface area contributed by atoms with Crippen molar-refractivity contribution in [2.45, 2.75) is 17.7 Å². The van der Waals surface area contributed by atoms with E-state index in [4.69, 9.17) is 4.74 Å². The molecule has 0 unspecified atom stereocenters. The number of rotatable bonds is 8. The topological polar surface area (TPSA) is 96.0 Å². The standard InChI is InChI=1S/C23H25N3O5S/c1-31-15-14-26-22(27)20(17-8-3-2-4-9-17)21(23(26)28)24-18-10-7-11-19(16-18)32(29,30)25-12-5-6-13-25/h2-4,7-11,16,24H,5-6,12-15H2,1H3. The Hall–Kier alpha value is -3.01. The molecule has 2 heterocycles. The van der Waals surface area contributed by atoms with Crippen molar-refractivity contribution in [1.82, 2.24) is 9.21 Å². The average Bonchev–Trinajstić information content (AvgIpc) is 3.42. The van der Waals surface area contributed by atoms with E-state index in [0.717, 1.165) is 17.7 Å². The second kappa shape index (κ2) is 9.23. The molecule has 0 aromatic heterocycles. The van der Waals surface area contributed by atoms with Crippen molar-refractivity contribution in [1.29, 1.82) is 0 Å². The summed E-state index contributed by atoms with van der Waals surface area (Å²) in [5, 5.41) is 3.02. The summed E-state index contributed by atoms with van der Waals surface area (Å²) in [5.41, 5.74) is 1.39. The van der Waals surface area contributed by atoms with Crippen LogP contribution >= 0.6 is 0 Å². The number of hydrogen-bond donors (Lipinski definition) is 1. The van der Waals surface area contributed by atoms with E-state index in [9.17, 15) is 18.0 Å². The number of hydrogen-bond acceptors (Lipinski definition) is 6. The molecule has 0 atom stereocenters. The molecule has 2 aromatic rings. The molecule has 2 aliphatic heterocycles. The molecule has 4 rings (SSSR count). The Balaban J connectivity index is 1.70. The number of ether oxygens (including phenoxy) is 1. The van der Waals surface area contributed by atoms with E-state index in [2.05, 4.69) is 5.32 Å².